The third-order valence-electron chi connectivity index (χ3n) is 3.47. The van der Waals surface area contributed by atoms with E-state index in [0.717, 1.165) is 12.0 Å². The molecule has 5 heteroatoms. The summed E-state index contributed by atoms with van der Waals surface area (Å²) in [4.78, 5) is 11.0. The number of hydrogen-bond donors (Lipinski definition) is 2. The van der Waals surface area contributed by atoms with Crippen LogP contribution in [0.25, 0.3) is 0 Å². The molecule has 0 bridgehead atoms. The van der Waals surface area contributed by atoms with Crippen LogP contribution < -0.4 is 0 Å². The molecule has 5 nitrogen and oxygen atoms in total. The molecule has 0 aromatic heterocycles. The van der Waals surface area contributed by atoms with Crippen LogP contribution in [0.3, 0.4) is 0 Å². The van der Waals surface area contributed by atoms with E-state index < -0.39 is 11.8 Å². The first kappa shape index (κ1) is 13.8. The van der Waals surface area contributed by atoms with Crippen LogP contribution in [0.15, 0.2) is 24.3 Å². The summed E-state index contributed by atoms with van der Waals surface area (Å²) in [7, 11) is 0. The van der Waals surface area contributed by atoms with Crippen molar-refractivity contribution in [1.29, 1.82) is 0 Å². The van der Waals surface area contributed by atoms with Gasteiger partial charge in [-0.25, -0.2) is 4.79 Å². The number of phenols is 1. The van der Waals surface area contributed by atoms with Crippen LogP contribution in [0.1, 0.15) is 19.4 Å². The van der Waals surface area contributed by atoms with E-state index >= 15 is 0 Å². The fourth-order valence-electron chi connectivity index (χ4n) is 2.16. The summed E-state index contributed by atoms with van der Waals surface area (Å²) < 4.78 is 10.8. The highest BCUT2D eigenvalue weighted by Crippen LogP contribution is 2.29. The van der Waals surface area contributed by atoms with Crippen LogP contribution in [0.5, 0.6) is 5.75 Å². The van der Waals surface area contributed by atoms with Crippen molar-refractivity contribution in [3.8, 4) is 5.75 Å². The fourth-order valence-corrected chi connectivity index (χ4v) is 2.16. The molecule has 2 rings (SSSR count). The number of phenolic OH excluding ortho intramolecular Hbond substituents is 1. The van der Waals surface area contributed by atoms with Gasteiger partial charge in [0, 0.05) is 12.8 Å². The first-order chi connectivity index (χ1) is 8.90. The second kappa shape index (κ2) is 5.19. The first-order valence-corrected chi connectivity index (χ1v) is 6.24. The Morgan fingerprint density at radius 2 is 2.05 bits per heavy atom. The zero-order chi connectivity index (χ0) is 14.0. The summed E-state index contributed by atoms with van der Waals surface area (Å²) in [6.45, 7) is 3.61. The van der Waals surface area contributed by atoms with Crippen LogP contribution in [0.4, 0.5) is 0 Å². The van der Waals surface area contributed by atoms with Crippen LogP contribution >= 0.6 is 0 Å². The maximum atomic E-state index is 11.0. The summed E-state index contributed by atoms with van der Waals surface area (Å²) in [5.74, 6) is -2.34. The van der Waals surface area contributed by atoms with E-state index in [4.69, 9.17) is 14.6 Å². The van der Waals surface area contributed by atoms with E-state index in [-0.39, 0.29) is 17.8 Å². The number of aromatic hydroxyl groups is 1. The molecule has 1 saturated heterocycles. The number of carbonyl (C=O) groups is 1. The number of rotatable bonds is 3. The van der Waals surface area contributed by atoms with Gasteiger partial charge in [0.15, 0.2) is 0 Å². The molecule has 3 atom stereocenters. The summed E-state index contributed by atoms with van der Waals surface area (Å²) in [5, 5.41) is 18.3. The largest absolute Gasteiger partial charge is 0.508 e. The number of aliphatic carboxylic acids is 1. The second-order valence-electron chi connectivity index (χ2n) is 5.02. The van der Waals surface area contributed by atoms with Crippen molar-refractivity contribution >= 4 is 5.97 Å². The highest BCUT2D eigenvalue weighted by Gasteiger charge is 2.43. The zero-order valence-corrected chi connectivity index (χ0v) is 11.0. The quantitative estimate of drug-likeness (QED) is 0.872. The van der Waals surface area contributed by atoms with Gasteiger partial charge in [0.1, 0.15) is 5.75 Å². The van der Waals surface area contributed by atoms with Gasteiger partial charge in [0.2, 0.25) is 0 Å². The molecule has 1 fully saturated rings. The van der Waals surface area contributed by atoms with Gasteiger partial charge in [-0.05, 0) is 31.0 Å². The molecule has 19 heavy (non-hydrogen) atoms. The number of carboxylic acid groups (broad SMARTS) is 1. The maximum Gasteiger partial charge on any atom is 0.364 e. The van der Waals surface area contributed by atoms with Crippen molar-refractivity contribution < 1.29 is 24.5 Å². The Kier molecular flexibility index (Phi) is 3.78. The van der Waals surface area contributed by atoms with Crippen molar-refractivity contribution in [2.24, 2.45) is 5.92 Å². The van der Waals surface area contributed by atoms with Crippen molar-refractivity contribution in [2.45, 2.75) is 32.2 Å². The average Bonchev–Trinajstić information content (AvgIpc) is 2.35. The normalized spacial score (nSPS) is 31.1. The van der Waals surface area contributed by atoms with Gasteiger partial charge in [0.25, 0.3) is 5.79 Å². The topological polar surface area (TPSA) is 76.0 Å². The van der Waals surface area contributed by atoms with E-state index in [2.05, 4.69) is 0 Å². The summed E-state index contributed by atoms with van der Waals surface area (Å²) in [6.07, 6.45) is 0.514. The summed E-state index contributed by atoms with van der Waals surface area (Å²) >= 11 is 0. The van der Waals surface area contributed by atoms with Gasteiger partial charge in [-0.15, -0.1) is 0 Å². The van der Waals surface area contributed by atoms with E-state index in [1.807, 2.05) is 19.1 Å². The fraction of sp³-hybridized carbons (Fsp3) is 0.500. The van der Waals surface area contributed by atoms with Crippen LogP contribution in [0, 0.1) is 5.92 Å². The lowest BCUT2D eigenvalue weighted by molar-refractivity contribution is -0.291. The van der Waals surface area contributed by atoms with Crippen molar-refractivity contribution in [3.05, 3.63) is 29.8 Å². The molecule has 0 radical (unpaired) electrons. The van der Waals surface area contributed by atoms with Crippen LogP contribution in [0.2, 0.25) is 0 Å². The molecule has 1 heterocycles. The lowest BCUT2D eigenvalue weighted by Crippen LogP contribution is -2.51. The molecular weight excluding hydrogens is 248 g/mol. The Hall–Kier alpha value is -1.59. The molecule has 1 aromatic rings. The van der Waals surface area contributed by atoms with Gasteiger partial charge in [-0.2, -0.15) is 0 Å². The highest BCUT2D eigenvalue weighted by atomic mass is 16.7. The standard InChI is InChI=1S/C14H18O5/c1-9-11(7-10-3-5-12(15)6-4-10)8-18-14(2,19-9)13(16)17/h3-6,9,11,15H,7-8H2,1-2H3,(H,16,17). The molecule has 0 spiro atoms. The van der Waals surface area contributed by atoms with E-state index in [0.29, 0.717) is 6.61 Å². The molecule has 1 aliphatic rings. The zero-order valence-electron chi connectivity index (χ0n) is 11.0. The van der Waals surface area contributed by atoms with E-state index in [1.54, 1.807) is 12.1 Å². The van der Waals surface area contributed by atoms with Gasteiger partial charge < -0.3 is 19.7 Å². The highest BCUT2D eigenvalue weighted by molar-refractivity contribution is 5.75. The first-order valence-electron chi connectivity index (χ1n) is 6.24. The van der Waals surface area contributed by atoms with Crippen LogP contribution in [-0.4, -0.2) is 34.7 Å². The molecule has 104 valence electrons. The van der Waals surface area contributed by atoms with Gasteiger partial charge in [-0.1, -0.05) is 12.1 Å². The monoisotopic (exact) mass is 266 g/mol. The Morgan fingerprint density at radius 3 is 2.58 bits per heavy atom. The average molecular weight is 266 g/mol. The van der Waals surface area contributed by atoms with Gasteiger partial charge in [-0.3, -0.25) is 0 Å². The molecule has 3 unspecified atom stereocenters. The molecule has 1 aliphatic heterocycles. The maximum absolute atomic E-state index is 11.0. The Balaban J connectivity index is 2.00. The number of carboxylic acids is 1. The smallest absolute Gasteiger partial charge is 0.364 e. The minimum atomic E-state index is -1.55. The lowest BCUT2D eigenvalue weighted by atomic mass is 9.94. The lowest BCUT2D eigenvalue weighted by Gasteiger charge is -2.39. The minimum absolute atomic E-state index is 0.0944. The summed E-state index contributed by atoms with van der Waals surface area (Å²) in [6, 6.07) is 6.94. The predicted octanol–water partition coefficient (Wildman–Crippen LogP) is 1.79. The number of ether oxygens (including phenoxy) is 2. The predicted molar refractivity (Wildman–Crippen MR) is 67.8 cm³/mol. The van der Waals surface area contributed by atoms with Crippen molar-refractivity contribution in [1.82, 2.24) is 0 Å². The Morgan fingerprint density at radius 1 is 1.42 bits per heavy atom. The third kappa shape index (κ3) is 3.05. The SMILES string of the molecule is CC1OC(C)(C(=O)O)OCC1Cc1ccc(O)cc1. The second-order valence-corrected chi connectivity index (χ2v) is 5.02. The molecule has 0 amide bonds. The third-order valence-corrected chi connectivity index (χ3v) is 3.47. The minimum Gasteiger partial charge on any atom is -0.508 e. The molecule has 1 aromatic carbocycles. The van der Waals surface area contributed by atoms with Gasteiger partial charge >= 0.3 is 5.97 Å². The Labute approximate surface area is 111 Å². The van der Waals surface area contributed by atoms with Crippen LogP contribution in [-0.2, 0) is 20.7 Å². The molecular formula is C14H18O5. The van der Waals surface area contributed by atoms with E-state index in [9.17, 15) is 9.90 Å². The molecule has 0 saturated carbocycles. The summed E-state index contributed by atoms with van der Waals surface area (Å²) in [5.41, 5.74) is 1.06. The van der Waals surface area contributed by atoms with E-state index in [1.165, 1.54) is 6.92 Å². The van der Waals surface area contributed by atoms with Crippen molar-refractivity contribution in [2.75, 3.05) is 6.61 Å². The number of hydrogen-bond acceptors (Lipinski definition) is 4. The number of benzene rings is 1. The van der Waals surface area contributed by atoms with Gasteiger partial charge in [0.05, 0.1) is 12.7 Å². The van der Waals surface area contributed by atoms with Crippen molar-refractivity contribution in [3.63, 3.8) is 0 Å². The molecule has 0 aliphatic carbocycles. The Bertz CT molecular complexity index is 455. The molecule has 2 N–H and O–H groups in total.